The zero-order chi connectivity index (χ0) is 29.2. The van der Waals surface area contributed by atoms with E-state index in [-0.39, 0.29) is 11.3 Å². The Morgan fingerprint density at radius 3 is 2.33 bits per heavy atom. The van der Waals surface area contributed by atoms with Gasteiger partial charge in [-0.25, -0.2) is 4.98 Å². The second kappa shape index (κ2) is 11.5. The first-order valence-electron chi connectivity index (χ1n) is 13.6. The molecule has 0 saturated carbocycles. The molecule has 1 N–H and O–H groups in total. The van der Waals surface area contributed by atoms with Crippen LogP contribution in [-0.2, 0) is 16.2 Å². The minimum atomic E-state index is -0.888. The lowest BCUT2D eigenvalue weighted by molar-refractivity contribution is -0.132. The molecule has 0 aliphatic carbocycles. The molecule has 1 fully saturated rings. The van der Waals surface area contributed by atoms with Crippen LogP contribution in [0.1, 0.15) is 35.2 Å². The first-order valence-corrected chi connectivity index (χ1v) is 14.4. The average molecular weight is 577 g/mol. The summed E-state index contributed by atoms with van der Waals surface area (Å²) < 4.78 is 12.4. The number of carbonyl (C=O) groups is 2. The Hall–Kier alpha value is -4.95. The number of aryl methyl sites for hydroxylation is 1. The maximum absolute atomic E-state index is 13.6. The van der Waals surface area contributed by atoms with Crippen LogP contribution in [0.3, 0.4) is 0 Å². The number of Topliss-reactive ketones (excluding diaryl/α,β-unsaturated/α-hetero) is 1. The Morgan fingerprint density at radius 1 is 0.905 bits per heavy atom. The summed E-state index contributed by atoms with van der Waals surface area (Å²) in [4.78, 5) is 33.3. The fraction of sp³-hybridized carbons (Fsp3) is 0.147. The molecule has 1 unspecified atom stereocenters. The SMILES string of the molecule is CCOc1ccc2nc(N3C(=O)C(=O)/C(=C(/O)c4ccc(C)cc4)C3c3ccc(OCc4ccccc4)cc3)sc2c1. The standard InChI is InChI=1S/C34H28N2O5S/c1-3-40-26-17-18-27-28(19-26)42-34(35-27)36-30(23-13-15-25(16-14-23)41-20-22-7-5-4-6-8-22)29(32(38)33(36)39)31(37)24-11-9-21(2)10-12-24/h4-19,30,37H,3,20H2,1-2H3/b31-29+. The molecule has 1 saturated heterocycles. The molecule has 8 heteroatoms. The number of rotatable bonds is 8. The van der Waals surface area contributed by atoms with Gasteiger partial charge in [-0.2, -0.15) is 0 Å². The van der Waals surface area contributed by atoms with E-state index in [2.05, 4.69) is 0 Å². The van der Waals surface area contributed by atoms with Gasteiger partial charge < -0.3 is 14.6 Å². The number of benzene rings is 4. The number of carbonyl (C=O) groups excluding carboxylic acids is 2. The molecule has 0 bridgehead atoms. The molecule has 0 radical (unpaired) electrons. The maximum Gasteiger partial charge on any atom is 0.301 e. The van der Waals surface area contributed by atoms with Crippen LogP contribution < -0.4 is 14.4 Å². The van der Waals surface area contributed by atoms with Crippen molar-refractivity contribution < 1.29 is 24.2 Å². The third-order valence-corrected chi connectivity index (χ3v) is 8.10. The average Bonchev–Trinajstić information content (AvgIpc) is 3.54. The second-order valence-corrected chi connectivity index (χ2v) is 10.9. The second-order valence-electron chi connectivity index (χ2n) is 9.94. The first-order chi connectivity index (χ1) is 20.4. The Balaban J connectivity index is 1.42. The fourth-order valence-electron chi connectivity index (χ4n) is 4.95. The minimum Gasteiger partial charge on any atom is -0.507 e. The predicted molar refractivity (Wildman–Crippen MR) is 164 cm³/mol. The van der Waals surface area contributed by atoms with Gasteiger partial charge in [-0.3, -0.25) is 14.5 Å². The monoisotopic (exact) mass is 576 g/mol. The number of hydrogen-bond donors (Lipinski definition) is 1. The lowest BCUT2D eigenvalue weighted by Gasteiger charge is -2.23. The highest BCUT2D eigenvalue weighted by atomic mass is 32.1. The van der Waals surface area contributed by atoms with E-state index in [1.807, 2.05) is 86.6 Å². The largest absolute Gasteiger partial charge is 0.507 e. The number of amides is 1. The van der Waals surface area contributed by atoms with Gasteiger partial charge in [0.2, 0.25) is 0 Å². The Morgan fingerprint density at radius 2 is 1.62 bits per heavy atom. The van der Waals surface area contributed by atoms with Crippen molar-refractivity contribution in [3.63, 3.8) is 0 Å². The topological polar surface area (TPSA) is 89.0 Å². The van der Waals surface area contributed by atoms with Crippen LogP contribution in [0.15, 0.2) is 103 Å². The molecule has 2 heterocycles. The van der Waals surface area contributed by atoms with Crippen LogP contribution in [0.4, 0.5) is 5.13 Å². The Labute approximate surface area is 247 Å². The van der Waals surface area contributed by atoms with Crippen molar-refractivity contribution in [2.24, 2.45) is 0 Å². The summed E-state index contributed by atoms with van der Waals surface area (Å²) in [5.74, 6) is -0.408. The van der Waals surface area contributed by atoms with Gasteiger partial charge in [0.25, 0.3) is 5.78 Å². The third-order valence-electron chi connectivity index (χ3n) is 7.08. The van der Waals surface area contributed by atoms with E-state index in [9.17, 15) is 14.7 Å². The summed E-state index contributed by atoms with van der Waals surface area (Å²) in [6.07, 6.45) is 0. The number of aliphatic hydroxyl groups is 1. The number of ether oxygens (including phenoxy) is 2. The molecular formula is C34H28N2O5S. The van der Waals surface area contributed by atoms with Gasteiger partial charge in [-0.1, -0.05) is 83.6 Å². The Kier molecular flexibility index (Phi) is 7.46. The number of nitrogens with zero attached hydrogens (tertiary/aromatic N) is 2. The van der Waals surface area contributed by atoms with Crippen molar-refractivity contribution in [2.45, 2.75) is 26.5 Å². The van der Waals surface area contributed by atoms with Gasteiger partial charge in [-0.15, -0.1) is 0 Å². The number of aromatic nitrogens is 1. The number of anilines is 1. The lowest BCUT2D eigenvalue weighted by atomic mass is 9.95. The van der Waals surface area contributed by atoms with Crippen LogP contribution in [0.5, 0.6) is 11.5 Å². The molecule has 210 valence electrons. The van der Waals surface area contributed by atoms with Crippen LogP contribution in [-0.4, -0.2) is 28.4 Å². The van der Waals surface area contributed by atoms with E-state index in [4.69, 9.17) is 14.5 Å². The van der Waals surface area contributed by atoms with Crippen LogP contribution in [0.25, 0.3) is 16.0 Å². The van der Waals surface area contributed by atoms with Crippen LogP contribution in [0.2, 0.25) is 0 Å². The highest BCUT2D eigenvalue weighted by molar-refractivity contribution is 7.22. The number of aliphatic hydroxyl groups excluding tert-OH is 1. The number of hydrogen-bond acceptors (Lipinski definition) is 7. The van der Waals surface area contributed by atoms with Gasteiger partial charge in [0.05, 0.1) is 28.4 Å². The van der Waals surface area contributed by atoms with Gasteiger partial charge in [0.15, 0.2) is 5.13 Å². The fourth-order valence-corrected chi connectivity index (χ4v) is 5.97. The van der Waals surface area contributed by atoms with E-state index >= 15 is 0 Å². The normalized spacial score (nSPS) is 16.2. The summed E-state index contributed by atoms with van der Waals surface area (Å²) in [6.45, 7) is 4.78. The molecule has 1 amide bonds. The molecule has 1 aliphatic heterocycles. The van der Waals surface area contributed by atoms with Crippen molar-refractivity contribution >= 4 is 44.1 Å². The highest BCUT2D eigenvalue weighted by Gasteiger charge is 2.48. The van der Waals surface area contributed by atoms with Crippen molar-refractivity contribution in [3.8, 4) is 11.5 Å². The molecule has 4 aromatic carbocycles. The predicted octanol–water partition coefficient (Wildman–Crippen LogP) is 7.21. The molecule has 0 spiro atoms. The number of thiazole rings is 1. The summed E-state index contributed by atoms with van der Waals surface area (Å²) in [7, 11) is 0. The van der Waals surface area contributed by atoms with Crippen molar-refractivity contribution in [1.82, 2.24) is 4.98 Å². The Bertz CT molecular complexity index is 1790. The molecule has 1 aliphatic rings. The van der Waals surface area contributed by atoms with Crippen molar-refractivity contribution in [1.29, 1.82) is 0 Å². The van der Waals surface area contributed by atoms with E-state index in [1.54, 1.807) is 24.3 Å². The smallest absolute Gasteiger partial charge is 0.301 e. The van der Waals surface area contributed by atoms with E-state index in [0.717, 1.165) is 15.8 Å². The highest BCUT2D eigenvalue weighted by Crippen LogP contribution is 2.45. The van der Waals surface area contributed by atoms with Crippen LogP contribution in [0, 0.1) is 6.92 Å². The maximum atomic E-state index is 13.6. The molecule has 1 aromatic heterocycles. The number of ketones is 1. The van der Waals surface area contributed by atoms with Gasteiger partial charge >= 0.3 is 5.91 Å². The van der Waals surface area contributed by atoms with E-state index < -0.39 is 17.7 Å². The summed E-state index contributed by atoms with van der Waals surface area (Å²) in [5.41, 5.74) is 3.84. The first kappa shape index (κ1) is 27.2. The number of fused-ring (bicyclic) bond motifs is 1. The molecule has 6 rings (SSSR count). The summed E-state index contributed by atoms with van der Waals surface area (Å²) >= 11 is 1.29. The van der Waals surface area contributed by atoms with Crippen molar-refractivity contribution in [2.75, 3.05) is 11.5 Å². The van der Waals surface area contributed by atoms with Crippen molar-refractivity contribution in [3.05, 3.63) is 125 Å². The van der Waals surface area contributed by atoms with E-state index in [0.29, 0.717) is 46.5 Å². The molecule has 5 aromatic rings. The molecule has 42 heavy (non-hydrogen) atoms. The third kappa shape index (κ3) is 5.24. The van der Waals surface area contributed by atoms with Gasteiger partial charge in [0, 0.05) is 5.56 Å². The molecule has 7 nitrogen and oxygen atoms in total. The van der Waals surface area contributed by atoms with Gasteiger partial charge in [-0.05, 0) is 55.3 Å². The van der Waals surface area contributed by atoms with Gasteiger partial charge in [0.1, 0.15) is 23.9 Å². The molecular weight excluding hydrogens is 548 g/mol. The zero-order valence-electron chi connectivity index (χ0n) is 23.1. The lowest BCUT2D eigenvalue weighted by Crippen LogP contribution is -2.29. The summed E-state index contributed by atoms with van der Waals surface area (Å²) in [6, 6.07) is 28.9. The zero-order valence-corrected chi connectivity index (χ0v) is 23.9. The minimum absolute atomic E-state index is 0.0102. The quantitative estimate of drug-likeness (QED) is 0.119. The van der Waals surface area contributed by atoms with E-state index in [1.165, 1.54) is 16.2 Å². The summed E-state index contributed by atoms with van der Waals surface area (Å²) in [5, 5.41) is 11.8. The molecule has 1 atom stereocenters. The van der Waals surface area contributed by atoms with Crippen LogP contribution >= 0.6 is 11.3 Å².